The van der Waals surface area contributed by atoms with Crippen LogP contribution in [0.15, 0.2) is 36.7 Å². The Balaban J connectivity index is 2.38. The Labute approximate surface area is 148 Å². The van der Waals surface area contributed by atoms with Gasteiger partial charge in [0.1, 0.15) is 5.54 Å². The minimum Gasteiger partial charge on any atom is -0.461 e. The first kappa shape index (κ1) is 19.1. The molecule has 25 heavy (non-hydrogen) atoms. The highest BCUT2D eigenvalue weighted by Crippen LogP contribution is 2.34. The van der Waals surface area contributed by atoms with Crippen LogP contribution in [0.5, 0.6) is 0 Å². The second kappa shape index (κ2) is 6.96. The number of ether oxygens (including phenoxy) is 1. The molecule has 0 saturated carbocycles. The van der Waals surface area contributed by atoms with Crippen LogP contribution >= 0.6 is 0 Å². The molecule has 2 aromatic rings. The minimum atomic E-state index is -1.25. The number of benzene rings is 1. The van der Waals surface area contributed by atoms with Crippen molar-refractivity contribution in [1.29, 1.82) is 0 Å². The summed E-state index contributed by atoms with van der Waals surface area (Å²) in [5.74, 6) is -0.860. The summed E-state index contributed by atoms with van der Waals surface area (Å²) in [5, 5.41) is 3.93. The molecular weight excluding hydrogens is 321 g/mol. The highest BCUT2D eigenvalue weighted by atomic mass is 19.1. The highest BCUT2D eigenvalue weighted by Gasteiger charge is 2.41. The van der Waals surface area contributed by atoms with Crippen molar-refractivity contribution in [3.63, 3.8) is 0 Å². The fourth-order valence-electron chi connectivity index (χ4n) is 2.80. The molecule has 0 unspecified atom stereocenters. The van der Waals surface area contributed by atoms with E-state index in [4.69, 9.17) is 10.5 Å². The lowest BCUT2D eigenvalue weighted by molar-refractivity contribution is -0.156. The first-order chi connectivity index (χ1) is 11.5. The molecule has 0 amide bonds. The number of rotatable bonds is 5. The Bertz CT molecular complexity index is 732. The second-order valence-corrected chi connectivity index (χ2v) is 7.81. The van der Waals surface area contributed by atoms with Gasteiger partial charge in [-0.15, -0.1) is 0 Å². The zero-order valence-electron chi connectivity index (χ0n) is 15.4. The SMILES string of the molecule is CC(C)OC(=O)[C@@](N)(CC(C)(C)C)c1ccc(-n2cc(F)cn2)cc1. The summed E-state index contributed by atoms with van der Waals surface area (Å²) in [5.41, 5.74) is 6.45. The summed E-state index contributed by atoms with van der Waals surface area (Å²) < 4.78 is 20.0. The highest BCUT2D eigenvalue weighted by molar-refractivity contribution is 5.82. The van der Waals surface area contributed by atoms with Crippen LogP contribution in [0, 0.1) is 11.2 Å². The van der Waals surface area contributed by atoms with E-state index < -0.39 is 17.3 Å². The molecule has 1 heterocycles. The molecule has 1 aromatic heterocycles. The molecule has 2 N–H and O–H groups in total. The van der Waals surface area contributed by atoms with Gasteiger partial charge in [-0.25, -0.2) is 13.9 Å². The molecule has 0 aliphatic carbocycles. The van der Waals surface area contributed by atoms with Gasteiger partial charge in [0.15, 0.2) is 5.82 Å². The number of esters is 1. The average molecular weight is 347 g/mol. The smallest absolute Gasteiger partial charge is 0.331 e. The molecular formula is C19H26FN3O2. The van der Waals surface area contributed by atoms with Gasteiger partial charge in [-0.2, -0.15) is 5.10 Å². The van der Waals surface area contributed by atoms with E-state index >= 15 is 0 Å². The van der Waals surface area contributed by atoms with E-state index in [0.717, 1.165) is 6.20 Å². The normalized spacial score (nSPS) is 14.4. The molecule has 1 aromatic carbocycles. The van der Waals surface area contributed by atoms with E-state index in [1.807, 2.05) is 20.8 Å². The molecule has 0 aliphatic rings. The number of carbonyl (C=O) groups excluding carboxylic acids is 1. The number of hydrogen-bond acceptors (Lipinski definition) is 4. The van der Waals surface area contributed by atoms with E-state index in [2.05, 4.69) is 5.10 Å². The van der Waals surface area contributed by atoms with Gasteiger partial charge in [-0.1, -0.05) is 32.9 Å². The Morgan fingerprint density at radius 1 is 1.28 bits per heavy atom. The topological polar surface area (TPSA) is 70.1 Å². The van der Waals surface area contributed by atoms with E-state index in [1.165, 1.54) is 10.9 Å². The largest absolute Gasteiger partial charge is 0.461 e. The number of hydrogen-bond donors (Lipinski definition) is 1. The predicted molar refractivity (Wildman–Crippen MR) is 94.7 cm³/mol. The molecule has 0 bridgehead atoms. The van der Waals surface area contributed by atoms with Crippen LogP contribution in [0.25, 0.3) is 5.69 Å². The van der Waals surface area contributed by atoms with Gasteiger partial charge >= 0.3 is 5.97 Å². The number of nitrogens with two attached hydrogens (primary N) is 1. The number of carbonyl (C=O) groups is 1. The monoisotopic (exact) mass is 347 g/mol. The van der Waals surface area contributed by atoms with Gasteiger partial charge in [-0.05, 0) is 43.4 Å². The van der Waals surface area contributed by atoms with Gasteiger partial charge < -0.3 is 10.5 Å². The fourth-order valence-corrected chi connectivity index (χ4v) is 2.80. The Morgan fingerprint density at radius 3 is 2.32 bits per heavy atom. The lowest BCUT2D eigenvalue weighted by Crippen LogP contribution is -2.49. The van der Waals surface area contributed by atoms with Crippen molar-refractivity contribution >= 4 is 5.97 Å². The van der Waals surface area contributed by atoms with Crippen LogP contribution in [0.4, 0.5) is 4.39 Å². The van der Waals surface area contributed by atoms with E-state index in [0.29, 0.717) is 17.7 Å². The summed E-state index contributed by atoms with van der Waals surface area (Å²) in [4.78, 5) is 12.7. The van der Waals surface area contributed by atoms with Crippen molar-refractivity contribution in [3.8, 4) is 5.69 Å². The molecule has 0 saturated heterocycles. The van der Waals surface area contributed by atoms with Gasteiger partial charge in [0, 0.05) is 0 Å². The molecule has 0 spiro atoms. The number of halogens is 1. The summed E-state index contributed by atoms with van der Waals surface area (Å²) in [6, 6.07) is 7.05. The fraction of sp³-hybridized carbons (Fsp3) is 0.474. The number of aromatic nitrogens is 2. The molecule has 1 atom stereocenters. The number of nitrogens with zero attached hydrogens (tertiary/aromatic N) is 2. The van der Waals surface area contributed by atoms with Crippen molar-refractivity contribution < 1.29 is 13.9 Å². The van der Waals surface area contributed by atoms with E-state index in [9.17, 15) is 9.18 Å². The van der Waals surface area contributed by atoms with Crippen LogP contribution in [-0.2, 0) is 15.1 Å². The van der Waals surface area contributed by atoms with Gasteiger partial charge in [0.25, 0.3) is 0 Å². The maximum Gasteiger partial charge on any atom is 0.331 e. The molecule has 0 radical (unpaired) electrons. The Kier molecular flexibility index (Phi) is 5.32. The molecule has 2 rings (SSSR count). The van der Waals surface area contributed by atoms with Gasteiger partial charge in [-0.3, -0.25) is 0 Å². The first-order valence-corrected chi connectivity index (χ1v) is 8.32. The maximum atomic E-state index is 13.1. The van der Waals surface area contributed by atoms with Crippen LogP contribution in [0.2, 0.25) is 0 Å². The van der Waals surface area contributed by atoms with Gasteiger partial charge in [0.2, 0.25) is 0 Å². The summed E-state index contributed by atoms with van der Waals surface area (Å²) >= 11 is 0. The van der Waals surface area contributed by atoms with E-state index in [-0.39, 0.29) is 11.5 Å². The Morgan fingerprint density at radius 2 is 1.88 bits per heavy atom. The quantitative estimate of drug-likeness (QED) is 0.840. The average Bonchev–Trinajstić information content (AvgIpc) is 2.91. The third-order valence-corrected chi connectivity index (χ3v) is 3.71. The van der Waals surface area contributed by atoms with Crippen molar-refractivity contribution in [2.75, 3.05) is 0 Å². The molecule has 5 nitrogen and oxygen atoms in total. The molecule has 136 valence electrons. The third kappa shape index (κ3) is 4.66. The van der Waals surface area contributed by atoms with Crippen LogP contribution in [0.1, 0.15) is 46.6 Å². The van der Waals surface area contributed by atoms with Crippen molar-refractivity contribution in [3.05, 3.63) is 48.0 Å². The van der Waals surface area contributed by atoms with Crippen molar-refractivity contribution in [2.45, 2.75) is 52.7 Å². The van der Waals surface area contributed by atoms with Crippen LogP contribution < -0.4 is 5.73 Å². The second-order valence-electron chi connectivity index (χ2n) is 7.81. The van der Waals surface area contributed by atoms with Gasteiger partial charge in [0.05, 0.1) is 24.2 Å². The summed E-state index contributed by atoms with van der Waals surface area (Å²) in [6.07, 6.45) is 2.61. The maximum absolute atomic E-state index is 13.1. The standard InChI is InChI=1S/C19H26FN3O2/c1-13(2)25-17(24)19(21,12-18(3,4)5)14-6-8-16(9-7-14)23-11-15(20)10-22-23/h6-11,13H,12,21H2,1-5H3/t19-/m1/s1. The molecule has 0 fully saturated rings. The molecule has 6 heteroatoms. The predicted octanol–water partition coefficient (Wildman–Crippen LogP) is 3.55. The zero-order chi connectivity index (χ0) is 18.8. The van der Waals surface area contributed by atoms with Crippen LogP contribution in [-0.4, -0.2) is 21.9 Å². The van der Waals surface area contributed by atoms with Crippen molar-refractivity contribution in [2.24, 2.45) is 11.1 Å². The third-order valence-electron chi connectivity index (χ3n) is 3.71. The summed E-state index contributed by atoms with van der Waals surface area (Å²) in [6.45, 7) is 9.67. The zero-order valence-corrected chi connectivity index (χ0v) is 15.4. The lowest BCUT2D eigenvalue weighted by atomic mass is 9.76. The Hall–Kier alpha value is -2.21. The van der Waals surface area contributed by atoms with Crippen molar-refractivity contribution in [1.82, 2.24) is 9.78 Å². The van der Waals surface area contributed by atoms with E-state index in [1.54, 1.807) is 38.1 Å². The first-order valence-electron chi connectivity index (χ1n) is 8.32. The van der Waals surface area contributed by atoms with Crippen LogP contribution in [0.3, 0.4) is 0 Å². The molecule has 0 aliphatic heterocycles. The summed E-state index contributed by atoms with van der Waals surface area (Å²) in [7, 11) is 0. The minimum absolute atomic E-state index is 0.172. The lowest BCUT2D eigenvalue weighted by Gasteiger charge is -2.34.